The topological polar surface area (TPSA) is 41.6 Å². The molecule has 0 saturated heterocycles. The van der Waals surface area contributed by atoms with Gasteiger partial charge in [-0.25, -0.2) is 4.79 Å². The van der Waals surface area contributed by atoms with Crippen molar-refractivity contribution in [1.82, 2.24) is 4.90 Å². The molecular weight excluding hydrogens is 300 g/mol. The minimum atomic E-state index is -0.471. The number of carbonyl (C=O) groups is 1. The maximum atomic E-state index is 12.4. The molecule has 0 spiro atoms. The number of anilines is 1. The van der Waals surface area contributed by atoms with Crippen LogP contribution in [0.4, 0.5) is 10.5 Å². The minimum Gasteiger partial charge on any atom is -0.444 e. The zero-order chi connectivity index (χ0) is 17.7. The summed E-state index contributed by atoms with van der Waals surface area (Å²) in [5.41, 5.74) is 1.81. The lowest BCUT2D eigenvalue weighted by Crippen LogP contribution is -2.36. The maximum Gasteiger partial charge on any atom is 0.410 e. The summed E-state index contributed by atoms with van der Waals surface area (Å²) in [6.07, 6.45) is 3.52. The van der Waals surface area contributed by atoms with Gasteiger partial charge in [0.05, 0.1) is 6.54 Å². The zero-order valence-corrected chi connectivity index (χ0v) is 15.8. The van der Waals surface area contributed by atoms with Gasteiger partial charge in [0.15, 0.2) is 0 Å². The monoisotopic (exact) mass is 332 g/mol. The number of hydrogen-bond donors (Lipinski definition) is 1. The number of ether oxygens (including phenoxy) is 1. The fraction of sp³-hybridized carbons (Fsp3) is 0.650. The van der Waals surface area contributed by atoms with Gasteiger partial charge >= 0.3 is 6.09 Å². The van der Waals surface area contributed by atoms with Crippen LogP contribution < -0.4 is 5.32 Å². The second kappa shape index (κ2) is 7.91. The molecule has 0 heterocycles. The number of amides is 1. The molecule has 1 unspecified atom stereocenters. The highest BCUT2D eigenvalue weighted by molar-refractivity contribution is 5.68. The quantitative estimate of drug-likeness (QED) is 0.760. The van der Waals surface area contributed by atoms with Crippen LogP contribution in [0.2, 0.25) is 0 Å². The first-order chi connectivity index (χ1) is 11.3. The van der Waals surface area contributed by atoms with Crippen LogP contribution in [0.1, 0.15) is 59.4 Å². The van der Waals surface area contributed by atoms with E-state index < -0.39 is 5.60 Å². The summed E-state index contributed by atoms with van der Waals surface area (Å²) >= 11 is 0. The van der Waals surface area contributed by atoms with Crippen molar-refractivity contribution in [3.8, 4) is 0 Å². The maximum absolute atomic E-state index is 12.4. The average molecular weight is 332 g/mol. The van der Waals surface area contributed by atoms with E-state index in [1.54, 1.807) is 4.90 Å². The Morgan fingerprint density at radius 1 is 1.29 bits per heavy atom. The SMILES string of the molecule is CCC(Nc1ccccc1CN(CC)C(=O)OC(C)(C)C)C1CC1. The standard InChI is InChI=1S/C20H32N2O2/c1-6-17(15-12-13-15)21-18-11-9-8-10-16(18)14-22(7-2)19(23)24-20(3,4)5/h8-11,15,17,21H,6-7,12-14H2,1-5H3. The Balaban J connectivity index is 2.08. The highest BCUT2D eigenvalue weighted by atomic mass is 16.6. The lowest BCUT2D eigenvalue weighted by molar-refractivity contribution is 0.0245. The molecule has 1 aromatic carbocycles. The summed E-state index contributed by atoms with van der Waals surface area (Å²) in [7, 11) is 0. The second-order valence-electron chi connectivity index (χ2n) is 7.65. The van der Waals surface area contributed by atoms with Gasteiger partial charge in [0, 0.05) is 18.3 Å². The second-order valence-corrected chi connectivity index (χ2v) is 7.65. The molecule has 1 aliphatic carbocycles. The highest BCUT2D eigenvalue weighted by Crippen LogP contribution is 2.36. The molecule has 1 fully saturated rings. The van der Waals surface area contributed by atoms with Crippen LogP contribution in [0.3, 0.4) is 0 Å². The molecule has 24 heavy (non-hydrogen) atoms. The Labute approximate surface area is 146 Å². The Morgan fingerprint density at radius 3 is 2.50 bits per heavy atom. The van der Waals surface area contributed by atoms with Crippen molar-refractivity contribution in [1.29, 1.82) is 0 Å². The van der Waals surface area contributed by atoms with Gasteiger partial charge in [0.1, 0.15) is 5.60 Å². The molecule has 1 aromatic rings. The van der Waals surface area contributed by atoms with Gasteiger partial charge in [-0.05, 0) is 64.5 Å². The Bertz CT molecular complexity index is 547. The summed E-state index contributed by atoms with van der Waals surface area (Å²) in [6, 6.07) is 8.82. The van der Waals surface area contributed by atoms with Crippen molar-refractivity contribution in [2.75, 3.05) is 11.9 Å². The molecule has 1 N–H and O–H groups in total. The summed E-state index contributed by atoms with van der Waals surface area (Å²) in [6.45, 7) is 11.1. The molecule has 2 rings (SSSR count). The predicted molar refractivity (Wildman–Crippen MR) is 99.2 cm³/mol. The fourth-order valence-corrected chi connectivity index (χ4v) is 2.89. The van der Waals surface area contributed by atoms with E-state index in [2.05, 4.69) is 30.4 Å². The van der Waals surface area contributed by atoms with E-state index in [-0.39, 0.29) is 6.09 Å². The van der Waals surface area contributed by atoms with Crippen molar-refractivity contribution >= 4 is 11.8 Å². The molecule has 0 aliphatic heterocycles. The molecule has 0 radical (unpaired) electrons. The third-order valence-electron chi connectivity index (χ3n) is 4.38. The number of nitrogens with zero attached hydrogens (tertiary/aromatic N) is 1. The molecule has 1 saturated carbocycles. The summed E-state index contributed by atoms with van der Waals surface area (Å²) in [5.74, 6) is 0.802. The molecule has 1 aliphatic rings. The van der Waals surface area contributed by atoms with Crippen LogP contribution in [0.25, 0.3) is 0 Å². The van der Waals surface area contributed by atoms with E-state index in [9.17, 15) is 4.79 Å². The largest absolute Gasteiger partial charge is 0.444 e. The first-order valence-electron chi connectivity index (χ1n) is 9.16. The molecule has 4 heteroatoms. The van der Waals surface area contributed by atoms with Crippen LogP contribution in [0, 0.1) is 5.92 Å². The number of nitrogens with one attached hydrogen (secondary N) is 1. The van der Waals surface area contributed by atoms with Crippen molar-refractivity contribution in [2.24, 2.45) is 5.92 Å². The lowest BCUT2D eigenvalue weighted by Gasteiger charge is -2.28. The smallest absolute Gasteiger partial charge is 0.410 e. The zero-order valence-electron chi connectivity index (χ0n) is 15.8. The number of hydrogen-bond acceptors (Lipinski definition) is 3. The molecule has 134 valence electrons. The minimum absolute atomic E-state index is 0.256. The van der Waals surface area contributed by atoms with Crippen LogP contribution in [-0.2, 0) is 11.3 Å². The van der Waals surface area contributed by atoms with Gasteiger partial charge in [-0.15, -0.1) is 0 Å². The van der Waals surface area contributed by atoms with Crippen LogP contribution in [0.5, 0.6) is 0 Å². The molecule has 0 aromatic heterocycles. The van der Waals surface area contributed by atoms with Gasteiger partial charge < -0.3 is 15.0 Å². The van der Waals surface area contributed by atoms with E-state index in [4.69, 9.17) is 4.74 Å². The number of benzene rings is 1. The van der Waals surface area contributed by atoms with Gasteiger partial charge in [-0.3, -0.25) is 0 Å². The Hall–Kier alpha value is -1.71. The molecule has 1 atom stereocenters. The Kier molecular flexibility index (Phi) is 6.14. The average Bonchev–Trinajstić information content (AvgIpc) is 3.34. The van der Waals surface area contributed by atoms with Crippen molar-refractivity contribution in [2.45, 2.75) is 72.1 Å². The number of para-hydroxylation sites is 1. The molecule has 4 nitrogen and oxygen atoms in total. The van der Waals surface area contributed by atoms with Crippen LogP contribution >= 0.6 is 0 Å². The Morgan fingerprint density at radius 2 is 1.96 bits per heavy atom. The molecule has 1 amide bonds. The van der Waals surface area contributed by atoms with Crippen molar-refractivity contribution in [3.05, 3.63) is 29.8 Å². The van der Waals surface area contributed by atoms with Gasteiger partial charge in [0.25, 0.3) is 0 Å². The van der Waals surface area contributed by atoms with Gasteiger partial charge in [-0.2, -0.15) is 0 Å². The van der Waals surface area contributed by atoms with E-state index in [0.717, 1.165) is 23.6 Å². The third-order valence-corrected chi connectivity index (χ3v) is 4.38. The normalized spacial score (nSPS) is 15.7. The fourth-order valence-electron chi connectivity index (χ4n) is 2.89. The molecular formula is C20H32N2O2. The summed E-state index contributed by atoms with van der Waals surface area (Å²) in [4.78, 5) is 14.1. The summed E-state index contributed by atoms with van der Waals surface area (Å²) < 4.78 is 5.52. The van der Waals surface area contributed by atoms with Crippen LogP contribution in [0.15, 0.2) is 24.3 Å². The van der Waals surface area contributed by atoms with Gasteiger partial charge in [0.2, 0.25) is 0 Å². The number of carbonyl (C=O) groups excluding carboxylic acids is 1. The number of rotatable bonds is 7. The van der Waals surface area contributed by atoms with E-state index in [0.29, 0.717) is 19.1 Å². The first kappa shape index (κ1) is 18.6. The van der Waals surface area contributed by atoms with Crippen LogP contribution in [-0.4, -0.2) is 29.2 Å². The van der Waals surface area contributed by atoms with Crippen molar-refractivity contribution in [3.63, 3.8) is 0 Å². The van der Waals surface area contributed by atoms with E-state index in [1.807, 2.05) is 33.8 Å². The van der Waals surface area contributed by atoms with E-state index >= 15 is 0 Å². The van der Waals surface area contributed by atoms with Crippen molar-refractivity contribution < 1.29 is 9.53 Å². The third kappa shape index (κ3) is 5.43. The highest BCUT2D eigenvalue weighted by Gasteiger charge is 2.30. The van der Waals surface area contributed by atoms with E-state index in [1.165, 1.54) is 12.8 Å². The molecule has 0 bridgehead atoms. The summed E-state index contributed by atoms with van der Waals surface area (Å²) in [5, 5.41) is 3.70. The predicted octanol–water partition coefficient (Wildman–Crippen LogP) is 5.04. The lowest BCUT2D eigenvalue weighted by atomic mass is 10.1. The first-order valence-corrected chi connectivity index (χ1v) is 9.16. The van der Waals surface area contributed by atoms with Gasteiger partial charge in [-0.1, -0.05) is 25.1 Å².